The minimum Gasteiger partial charge on any atom is -0.469 e. The highest BCUT2D eigenvalue weighted by Gasteiger charge is 2.45. The largest absolute Gasteiger partial charge is 0.469 e. The Morgan fingerprint density at radius 3 is 2.61 bits per heavy atom. The summed E-state index contributed by atoms with van der Waals surface area (Å²) in [4.78, 5) is 41.3. The number of hydrogen-bond acceptors (Lipinski definition) is 7. The van der Waals surface area contributed by atoms with Crippen molar-refractivity contribution in [2.75, 3.05) is 11.5 Å². The Labute approximate surface area is 161 Å². The SMILES string of the molecule is CCOC(=O)C(CC)N1C(=O)C(c2ccccc2)Oc2ccc([N+](=O)[O-])nc21. The Kier molecular flexibility index (Phi) is 5.53. The molecular formula is C19H19N3O6. The predicted molar refractivity (Wildman–Crippen MR) is 98.9 cm³/mol. The van der Waals surface area contributed by atoms with E-state index in [9.17, 15) is 19.7 Å². The van der Waals surface area contributed by atoms with Gasteiger partial charge >= 0.3 is 11.8 Å². The molecule has 0 saturated carbocycles. The summed E-state index contributed by atoms with van der Waals surface area (Å²) in [7, 11) is 0. The molecule has 2 atom stereocenters. The molecule has 0 saturated heterocycles. The first kappa shape index (κ1) is 19.3. The summed E-state index contributed by atoms with van der Waals surface area (Å²) in [5, 5.41) is 11.1. The number of aromatic nitrogens is 1. The molecule has 1 aromatic carbocycles. The van der Waals surface area contributed by atoms with Crippen molar-refractivity contribution in [3.8, 4) is 5.75 Å². The molecule has 0 aliphatic carbocycles. The first-order chi connectivity index (χ1) is 13.5. The molecule has 0 radical (unpaired) electrons. The molecule has 0 N–H and O–H groups in total. The van der Waals surface area contributed by atoms with E-state index in [1.165, 1.54) is 12.1 Å². The smallest absolute Gasteiger partial charge is 0.366 e. The number of amides is 1. The average molecular weight is 385 g/mol. The maximum Gasteiger partial charge on any atom is 0.366 e. The van der Waals surface area contributed by atoms with E-state index in [0.29, 0.717) is 5.56 Å². The van der Waals surface area contributed by atoms with E-state index >= 15 is 0 Å². The van der Waals surface area contributed by atoms with Gasteiger partial charge in [0.05, 0.1) is 6.61 Å². The van der Waals surface area contributed by atoms with Crippen molar-refractivity contribution in [2.45, 2.75) is 32.4 Å². The van der Waals surface area contributed by atoms with E-state index in [2.05, 4.69) is 4.98 Å². The van der Waals surface area contributed by atoms with Gasteiger partial charge in [-0.05, 0) is 29.3 Å². The zero-order valence-corrected chi connectivity index (χ0v) is 15.4. The molecule has 1 aliphatic rings. The second kappa shape index (κ2) is 8.03. The van der Waals surface area contributed by atoms with E-state index in [-0.39, 0.29) is 24.6 Å². The van der Waals surface area contributed by atoms with Crippen LogP contribution in [0.25, 0.3) is 0 Å². The Hall–Kier alpha value is -3.49. The predicted octanol–water partition coefficient (Wildman–Crippen LogP) is 2.80. The highest BCUT2D eigenvalue weighted by atomic mass is 16.6. The second-order valence-electron chi connectivity index (χ2n) is 6.04. The van der Waals surface area contributed by atoms with Crippen LogP contribution >= 0.6 is 0 Å². The molecule has 1 aliphatic heterocycles. The fraction of sp³-hybridized carbons (Fsp3) is 0.316. The first-order valence-electron chi connectivity index (χ1n) is 8.84. The van der Waals surface area contributed by atoms with Gasteiger partial charge in [0.15, 0.2) is 5.75 Å². The summed E-state index contributed by atoms with van der Waals surface area (Å²) in [6, 6.07) is 10.4. The van der Waals surface area contributed by atoms with Crippen molar-refractivity contribution in [1.82, 2.24) is 4.98 Å². The van der Waals surface area contributed by atoms with Gasteiger partial charge in [0.25, 0.3) is 11.7 Å². The molecule has 1 aromatic heterocycles. The fourth-order valence-electron chi connectivity index (χ4n) is 3.03. The van der Waals surface area contributed by atoms with Crippen molar-refractivity contribution in [2.24, 2.45) is 0 Å². The van der Waals surface area contributed by atoms with Crippen LogP contribution in [0.15, 0.2) is 42.5 Å². The molecule has 0 bridgehead atoms. The fourth-order valence-corrected chi connectivity index (χ4v) is 3.03. The summed E-state index contributed by atoms with van der Waals surface area (Å²) in [6.45, 7) is 3.53. The minimum absolute atomic E-state index is 0.0636. The zero-order valence-electron chi connectivity index (χ0n) is 15.4. The van der Waals surface area contributed by atoms with Gasteiger partial charge in [-0.3, -0.25) is 9.69 Å². The standard InChI is InChI=1S/C19H19N3O6/c1-3-13(19(24)27-4-2)21-17-14(10-11-15(20-17)22(25)26)28-16(18(21)23)12-8-6-5-7-9-12/h5-11,13,16H,3-4H2,1-2H3. The Morgan fingerprint density at radius 2 is 2.00 bits per heavy atom. The highest BCUT2D eigenvalue weighted by Crippen LogP contribution is 2.40. The van der Waals surface area contributed by atoms with Gasteiger partial charge in [-0.1, -0.05) is 37.3 Å². The summed E-state index contributed by atoms with van der Waals surface area (Å²) in [6.07, 6.45) is -0.754. The van der Waals surface area contributed by atoms with Crippen LogP contribution in [0.2, 0.25) is 0 Å². The molecule has 146 valence electrons. The minimum atomic E-state index is -1.000. The van der Waals surface area contributed by atoms with Gasteiger partial charge in [-0.2, -0.15) is 0 Å². The molecule has 3 rings (SSSR count). The molecule has 1 amide bonds. The molecule has 9 heteroatoms. The van der Waals surface area contributed by atoms with E-state index in [1.54, 1.807) is 44.2 Å². The van der Waals surface area contributed by atoms with Crippen molar-refractivity contribution >= 4 is 23.5 Å². The highest BCUT2D eigenvalue weighted by molar-refractivity contribution is 6.04. The number of fused-ring (bicyclic) bond motifs is 1. The first-order valence-corrected chi connectivity index (χ1v) is 8.84. The van der Waals surface area contributed by atoms with Gasteiger partial charge in [0, 0.05) is 11.6 Å². The number of anilines is 1. The number of hydrogen-bond donors (Lipinski definition) is 0. The van der Waals surface area contributed by atoms with Crippen LogP contribution in [-0.4, -0.2) is 34.4 Å². The summed E-state index contributed by atoms with van der Waals surface area (Å²) < 4.78 is 10.9. The summed E-state index contributed by atoms with van der Waals surface area (Å²) >= 11 is 0. The second-order valence-corrected chi connectivity index (χ2v) is 6.04. The third-order valence-corrected chi connectivity index (χ3v) is 4.31. The van der Waals surface area contributed by atoms with Gasteiger partial charge in [0.1, 0.15) is 6.04 Å². The van der Waals surface area contributed by atoms with E-state index in [0.717, 1.165) is 4.90 Å². The van der Waals surface area contributed by atoms with Gasteiger partial charge in [-0.25, -0.2) is 4.79 Å². The van der Waals surface area contributed by atoms with Crippen LogP contribution in [0, 0.1) is 10.1 Å². The summed E-state index contributed by atoms with van der Waals surface area (Å²) in [5.41, 5.74) is 0.597. The quantitative estimate of drug-likeness (QED) is 0.427. The van der Waals surface area contributed by atoms with Gasteiger partial charge in [0.2, 0.25) is 6.10 Å². The topological polar surface area (TPSA) is 112 Å². The third kappa shape index (κ3) is 3.51. The number of ether oxygens (including phenoxy) is 2. The molecular weight excluding hydrogens is 366 g/mol. The van der Waals surface area contributed by atoms with Crippen molar-refractivity contribution in [3.05, 3.63) is 58.1 Å². The third-order valence-electron chi connectivity index (χ3n) is 4.31. The lowest BCUT2D eigenvalue weighted by Gasteiger charge is -2.34. The number of nitro groups is 1. The lowest BCUT2D eigenvalue weighted by atomic mass is 10.0. The molecule has 0 spiro atoms. The maximum atomic E-state index is 13.3. The van der Waals surface area contributed by atoms with Gasteiger partial charge < -0.3 is 19.6 Å². The monoisotopic (exact) mass is 385 g/mol. The number of esters is 1. The maximum absolute atomic E-state index is 13.3. The van der Waals surface area contributed by atoms with Crippen molar-refractivity contribution in [1.29, 1.82) is 0 Å². The van der Waals surface area contributed by atoms with Crippen LogP contribution in [-0.2, 0) is 14.3 Å². The van der Waals surface area contributed by atoms with E-state index in [4.69, 9.17) is 9.47 Å². The Morgan fingerprint density at radius 1 is 1.29 bits per heavy atom. The Balaban J connectivity index is 2.13. The lowest BCUT2D eigenvalue weighted by molar-refractivity contribution is -0.389. The molecule has 28 heavy (non-hydrogen) atoms. The molecule has 0 fully saturated rings. The van der Waals surface area contributed by atoms with Crippen LogP contribution in [0.4, 0.5) is 11.6 Å². The zero-order chi connectivity index (χ0) is 20.3. The normalized spacial score (nSPS) is 16.7. The molecule has 9 nitrogen and oxygen atoms in total. The number of benzene rings is 1. The summed E-state index contributed by atoms with van der Waals surface area (Å²) in [5.74, 6) is -1.47. The number of carbonyl (C=O) groups is 2. The van der Waals surface area contributed by atoms with Crippen LogP contribution in [0.1, 0.15) is 31.9 Å². The average Bonchev–Trinajstić information content (AvgIpc) is 2.70. The molecule has 2 heterocycles. The number of carbonyl (C=O) groups excluding carboxylic acids is 2. The Bertz CT molecular complexity index is 902. The van der Waals surface area contributed by atoms with Crippen LogP contribution in [0.5, 0.6) is 5.75 Å². The lowest BCUT2D eigenvalue weighted by Crippen LogP contribution is -2.51. The van der Waals surface area contributed by atoms with Crippen molar-refractivity contribution < 1.29 is 24.0 Å². The van der Waals surface area contributed by atoms with E-state index in [1.807, 2.05) is 0 Å². The van der Waals surface area contributed by atoms with E-state index < -0.39 is 34.8 Å². The van der Waals surface area contributed by atoms with Gasteiger partial charge in [-0.15, -0.1) is 0 Å². The molecule has 2 aromatic rings. The number of rotatable bonds is 6. The number of pyridine rings is 1. The van der Waals surface area contributed by atoms with Crippen LogP contribution in [0.3, 0.4) is 0 Å². The number of nitrogens with zero attached hydrogens (tertiary/aromatic N) is 3. The van der Waals surface area contributed by atoms with Crippen molar-refractivity contribution in [3.63, 3.8) is 0 Å². The van der Waals surface area contributed by atoms with Crippen LogP contribution < -0.4 is 9.64 Å². The molecule has 2 unspecified atom stereocenters.